The van der Waals surface area contributed by atoms with Gasteiger partial charge in [0.05, 0.1) is 15.5 Å². The van der Waals surface area contributed by atoms with Crippen molar-refractivity contribution in [1.29, 1.82) is 0 Å². The van der Waals surface area contributed by atoms with Gasteiger partial charge < -0.3 is 5.73 Å². The van der Waals surface area contributed by atoms with Gasteiger partial charge in [-0.05, 0) is 38.8 Å². The highest BCUT2D eigenvalue weighted by Crippen LogP contribution is 2.29. The summed E-state index contributed by atoms with van der Waals surface area (Å²) in [7, 11) is 1.99. The maximum absolute atomic E-state index is 11.1. The molecule has 5 nitrogen and oxygen atoms in total. The van der Waals surface area contributed by atoms with Gasteiger partial charge in [-0.2, -0.15) is 0 Å². The fourth-order valence-corrected chi connectivity index (χ4v) is 3.03. The van der Waals surface area contributed by atoms with E-state index in [0.29, 0.717) is 29.2 Å². The van der Waals surface area contributed by atoms with Crippen LogP contribution >= 0.6 is 11.6 Å². The first-order valence-electron chi connectivity index (χ1n) is 6.86. The molecule has 0 aliphatic heterocycles. The zero-order valence-electron chi connectivity index (χ0n) is 11.6. The van der Waals surface area contributed by atoms with Crippen LogP contribution in [0.3, 0.4) is 0 Å². The summed E-state index contributed by atoms with van der Waals surface area (Å²) in [4.78, 5) is 12.9. The molecule has 1 fully saturated rings. The van der Waals surface area contributed by atoms with Crippen molar-refractivity contribution < 1.29 is 4.92 Å². The summed E-state index contributed by atoms with van der Waals surface area (Å²) in [6.07, 6.45) is 4.10. The fourth-order valence-electron chi connectivity index (χ4n) is 2.80. The van der Waals surface area contributed by atoms with Gasteiger partial charge in [-0.3, -0.25) is 15.0 Å². The number of nitrogens with two attached hydrogens (primary N) is 1. The normalized spacial score (nSPS) is 23.0. The highest BCUT2D eigenvalue weighted by Gasteiger charge is 2.25. The highest BCUT2D eigenvalue weighted by atomic mass is 35.5. The molecule has 20 heavy (non-hydrogen) atoms. The molecule has 6 heteroatoms. The summed E-state index contributed by atoms with van der Waals surface area (Å²) in [6.45, 7) is 0.496. The second-order valence-electron chi connectivity index (χ2n) is 5.48. The molecule has 1 aliphatic rings. The van der Waals surface area contributed by atoms with Crippen molar-refractivity contribution in [1.82, 2.24) is 4.90 Å². The zero-order chi connectivity index (χ0) is 14.7. The number of nitro groups is 1. The van der Waals surface area contributed by atoms with Crippen molar-refractivity contribution >= 4 is 17.3 Å². The molecule has 0 saturated heterocycles. The Morgan fingerprint density at radius 1 is 1.40 bits per heavy atom. The van der Waals surface area contributed by atoms with Crippen molar-refractivity contribution in [3.63, 3.8) is 0 Å². The molecule has 1 aromatic carbocycles. The lowest BCUT2D eigenvalue weighted by Gasteiger charge is -2.33. The van der Waals surface area contributed by atoms with Crippen LogP contribution in [-0.4, -0.2) is 29.0 Å². The second-order valence-corrected chi connectivity index (χ2v) is 5.89. The molecule has 0 amide bonds. The Hall–Kier alpha value is -1.17. The van der Waals surface area contributed by atoms with Crippen molar-refractivity contribution in [3.05, 3.63) is 38.9 Å². The van der Waals surface area contributed by atoms with Crippen molar-refractivity contribution in [3.8, 4) is 0 Å². The number of hydrogen-bond donors (Lipinski definition) is 1. The Kier molecular flexibility index (Phi) is 4.96. The fraction of sp³-hybridized carbons (Fsp3) is 0.571. The molecule has 0 radical (unpaired) electrons. The third-order valence-electron chi connectivity index (χ3n) is 4.06. The van der Waals surface area contributed by atoms with Crippen LogP contribution in [0.4, 0.5) is 5.69 Å². The predicted octanol–water partition coefficient (Wildman–Crippen LogP) is 2.95. The summed E-state index contributed by atoms with van der Waals surface area (Å²) < 4.78 is 0. The van der Waals surface area contributed by atoms with Crippen molar-refractivity contribution in [2.45, 2.75) is 44.3 Å². The molecule has 0 unspecified atom stereocenters. The maximum Gasteiger partial charge on any atom is 0.275 e. The molecule has 2 rings (SSSR count). The molecular weight excluding hydrogens is 278 g/mol. The van der Waals surface area contributed by atoms with Gasteiger partial charge in [0.2, 0.25) is 0 Å². The molecule has 110 valence electrons. The summed E-state index contributed by atoms with van der Waals surface area (Å²) in [5.41, 5.74) is 6.60. The number of rotatable bonds is 4. The lowest BCUT2D eigenvalue weighted by Crippen LogP contribution is -2.38. The van der Waals surface area contributed by atoms with Gasteiger partial charge in [0.25, 0.3) is 5.69 Å². The number of benzene rings is 1. The third-order valence-corrected chi connectivity index (χ3v) is 4.42. The lowest BCUT2D eigenvalue weighted by molar-refractivity contribution is -0.385. The third kappa shape index (κ3) is 3.48. The van der Waals surface area contributed by atoms with Gasteiger partial charge in [0.1, 0.15) is 0 Å². The minimum atomic E-state index is -0.369. The van der Waals surface area contributed by atoms with E-state index in [1.807, 2.05) is 7.05 Å². The van der Waals surface area contributed by atoms with E-state index >= 15 is 0 Å². The van der Waals surface area contributed by atoms with Gasteiger partial charge >= 0.3 is 0 Å². The number of nitrogens with zero attached hydrogens (tertiary/aromatic N) is 2. The Bertz CT molecular complexity index is 487. The molecular formula is C14H20ClN3O2. The first kappa shape index (κ1) is 15.2. The van der Waals surface area contributed by atoms with Crippen LogP contribution in [-0.2, 0) is 6.54 Å². The minimum absolute atomic E-state index is 0.0943. The Labute approximate surface area is 123 Å². The van der Waals surface area contributed by atoms with Crippen LogP contribution in [0.2, 0.25) is 5.02 Å². The lowest BCUT2D eigenvalue weighted by atomic mass is 9.91. The monoisotopic (exact) mass is 297 g/mol. The van der Waals surface area contributed by atoms with E-state index in [1.165, 1.54) is 6.07 Å². The Morgan fingerprint density at radius 2 is 2.05 bits per heavy atom. The number of hydrogen-bond acceptors (Lipinski definition) is 4. The average molecular weight is 298 g/mol. The molecule has 0 heterocycles. The van der Waals surface area contributed by atoms with Gasteiger partial charge in [-0.25, -0.2) is 0 Å². The molecule has 1 aromatic rings. The van der Waals surface area contributed by atoms with Crippen LogP contribution in [0.15, 0.2) is 18.2 Å². The van der Waals surface area contributed by atoms with E-state index in [1.54, 1.807) is 12.1 Å². The molecule has 0 atom stereocenters. The first-order chi connectivity index (χ1) is 9.49. The average Bonchev–Trinajstić information content (AvgIpc) is 2.41. The van der Waals surface area contributed by atoms with Crippen LogP contribution in [0, 0.1) is 10.1 Å². The van der Waals surface area contributed by atoms with Crippen LogP contribution in [0.25, 0.3) is 0 Å². The molecule has 0 spiro atoms. The largest absolute Gasteiger partial charge is 0.328 e. The van der Waals surface area contributed by atoms with E-state index in [2.05, 4.69) is 4.90 Å². The van der Waals surface area contributed by atoms with E-state index in [9.17, 15) is 10.1 Å². The molecule has 0 aromatic heterocycles. The van der Waals surface area contributed by atoms with E-state index in [0.717, 1.165) is 25.7 Å². The Balaban J connectivity index is 2.11. The minimum Gasteiger partial charge on any atom is -0.328 e. The molecule has 0 bridgehead atoms. The van der Waals surface area contributed by atoms with E-state index in [-0.39, 0.29) is 10.6 Å². The van der Waals surface area contributed by atoms with Crippen LogP contribution in [0.5, 0.6) is 0 Å². The topological polar surface area (TPSA) is 72.4 Å². The number of halogens is 1. The van der Waals surface area contributed by atoms with E-state index < -0.39 is 0 Å². The molecule has 1 aliphatic carbocycles. The number of nitro benzene ring substituents is 1. The zero-order valence-corrected chi connectivity index (χ0v) is 12.3. The van der Waals surface area contributed by atoms with Gasteiger partial charge in [-0.15, -0.1) is 0 Å². The van der Waals surface area contributed by atoms with Crippen molar-refractivity contribution in [2.24, 2.45) is 5.73 Å². The standard InChI is InChI=1S/C14H20ClN3O2/c1-17(11-7-5-10(16)6-8-11)9-12-13(15)3-2-4-14(12)18(19)20/h2-4,10-11H,5-9,16H2,1H3. The second kappa shape index (κ2) is 6.52. The van der Waals surface area contributed by atoms with Crippen molar-refractivity contribution in [2.75, 3.05) is 7.05 Å². The Morgan fingerprint density at radius 3 is 2.65 bits per heavy atom. The van der Waals surface area contributed by atoms with E-state index in [4.69, 9.17) is 17.3 Å². The van der Waals surface area contributed by atoms with Crippen LogP contribution in [0.1, 0.15) is 31.2 Å². The predicted molar refractivity (Wildman–Crippen MR) is 79.8 cm³/mol. The van der Waals surface area contributed by atoms with Gasteiger partial charge in [0.15, 0.2) is 0 Å². The SMILES string of the molecule is CN(Cc1c(Cl)cccc1[N+](=O)[O-])C1CCC(N)CC1. The smallest absolute Gasteiger partial charge is 0.275 e. The summed E-state index contributed by atoms with van der Waals surface area (Å²) in [5, 5.41) is 11.5. The molecule has 1 saturated carbocycles. The summed E-state index contributed by atoms with van der Waals surface area (Å²) >= 11 is 6.13. The maximum atomic E-state index is 11.1. The quantitative estimate of drug-likeness (QED) is 0.685. The first-order valence-corrected chi connectivity index (χ1v) is 7.24. The summed E-state index contributed by atoms with van der Waals surface area (Å²) in [6, 6.07) is 5.55. The summed E-state index contributed by atoms with van der Waals surface area (Å²) in [5.74, 6) is 0. The van der Waals surface area contributed by atoms with Crippen LogP contribution < -0.4 is 5.73 Å². The van der Waals surface area contributed by atoms with Gasteiger partial charge in [-0.1, -0.05) is 17.7 Å². The highest BCUT2D eigenvalue weighted by molar-refractivity contribution is 6.31. The molecule has 2 N–H and O–H groups in total. The van der Waals surface area contributed by atoms with Gasteiger partial charge in [0, 0.05) is 24.7 Å².